The number of benzene rings is 1. The molecule has 2 N–H and O–H groups in total. The SMILES string of the molecule is CC(NC(=O)NC1CC2(CCC2)C1)c1cccc2c1OC(F)(F)O2. The van der Waals surface area contributed by atoms with E-state index in [2.05, 4.69) is 20.1 Å². The van der Waals surface area contributed by atoms with E-state index in [9.17, 15) is 13.6 Å². The number of carbonyl (C=O) groups excluding carboxylic acids is 1. The summed E-state index contributed by atoms with van der Waals surface area (Å²) in [7, 11) is 0. The second-order valence-electron chi connectivity index (χ2n) is 7.14. The molecular formula is C17H20F2N2O3. The molecule has 1 aromatic rings. The fraction of sp³-hybridized carbons (Fsp3) is 0.588. The van der Waals surface area contributed by atoms with Crippen LogP contribution in [0.3, 0.4) is 0 Å². The summed E-state index contributed by atoms with van der Waals surface area (Å²) in [4.78, 5) is 12.1. The predicted octanol–water partition coefficient (Wildman–Crippen LogP) is 3.70. The Morgan fingerprint density at radius 1 is 1.29 bits per heavy atom. The minimum Gasteiger partial charge on any atom is -0.395 e. The molecule has 2 saturated carbocycles. The van der Waals surface area contributed by atoms with Gasteiger partial charge in [-0.05, 0) is 44.1 Å². The molecule has 1 unspecified atom stereocenters. The lowest BCUT2D eigenvalue weighted by Crippen LogP contribution is -2.55. The third-order valence-electron chi connectivity index (χ3n) is 5.38. The molecular weight excluding hydrogens is 318 g/mol. The van der Waals surface area contributed by atoms with Crippen LogP contribution in [0.4, 0.5) is 13.6 Å². The first-order valence-electron chi connectivity index (χ1n) is 8.32. The van der Waals surface area contributed by atoms with Crippen LogP contribution in [0.15, 0.2) is 18.2 Å². The molecule has 130 valence electrons. The van der Waals surface area contributed by atoms with Crippen molar-refractivity contribution in [3.63, 3.8) is 0 Å². The van der Waals surface area contributed by atoms with Gasteiger partial charge in [-0.1, -0.05) is 18.6 Å². The highest BCUT2D eigenvalue weighted by molar-refractivity contribution is 5.75. The maximum absolute atomic E-state index is 13.2. The van der Waals surface area contributed by atoms with Crippen molar-refractivity contribution in [2.75, 3.05) is 0 Å². The van der Waals surface area contributed by atoms with Crippen LogP contribution in [0.25, 0.3) is 0 Å². The number of fused-ring (bicyclic) bond motifs is 1. The van der Waals surface area contributed by atoms with Gasteiger partial charge >= 0.3 is 12.3 Å². The molecule has 1 aliphatic heterocycles. The Bertz CT molecular complexity index is 668. The summed E-state index contributed by atoms with van der Waals surface area (Å²) >= 11 is 0. The molecule has 24 heavy (non-hydrogen) atoms. The van der Waals surface area contributed by atoms with Crippen molar-refractivity contribution in [1.29, 1.82) is 0 Å². The number of alkyl halides is 2. The third kappa shape index (κ3) is 2.65. The van der Waals surface area contributed by atoms with Gasteiger partial charge in [0.15, 0.2) is 11.5 Å². The zero-order valence-electron chi connectivity index (χ0n) is 13.4. The predicted molar refractivity (Wildman–Crippen MR) is 82.0 cm³/mol. The van der Waals surface area contributed by atoms with Crippen molar-refractivity contribution >= 4 is 6.03 Å². The zero-order valence-corrected chi connectivity index (χ0v) is 13.4. The molecule has 0 aromatic heterocycles. The van der Waals surface area contributed by atoms with Gasteiger partial charge in [-0.3, -0.25) is 0 Å². The van der Waals surface area contributed by atoms with E-state index >= 15 is 0 Å². The van der Waals surface area contributed by atoms with E-state index in [1.165, 1.54) is 25.3 Å². The molecule has 1 spiro atoms. The largest absolute Gasteiger partial charge is 0.586 e. The summed E-state index contributed by atoms with van der Waals surface area (Å²) < 4.78 is 35.5. The maximum atomic E-state index is 13.2. The van der Waals surface area contributed by atoms with E-state index in [0.717, 1.165) is 12.8 Å². The Kier molecular flexibility index (Phi) is 3.37. The molecule has 1 aromatic carbocycles. The number of nitrogens with one attached hydrogen (secondary N) is 2. The van der Waals surface area contributed by atoms with Crippen LogP contribution in [0, 0.1) is 5.41 Å². The second-order valence-corrected chi connectivity index (χ2v) is 7.14. The van der Waals surface area contributed by atoms with Crippen LogP contribution in [-0.2, 0) is 0 Å². The smallest absolute Gasteiger partial charge is 0.395 e. The lowest BCUT2D eigenvalue weighted by molar-refractivity contribution is -0.287. The number of hydrogen-bond donors (Lipinski definition) is 2. The Hall–Kier alpha value is -2.05. The Balaban J connectivity index is 1.36. The molecule has 0 saturated heterocycles. The molecule has 2 amide bonds. The monoisotopic (exact) mass is 338 g/mol. The maximum Gasteiger partial charge on any atom is 0.586 e. The summed E-state index contributed by atoms with van der Waals surface area (Å²) in [5.74, 6) is -0.0372. The Morgan fingerprint density at radius 3 is 2.71 bits per heavy atom. The van der Waals surface area contributed by atoms with Gasteiger partial charge < -0.3 is 20.1 Å². The number of carbonyl (C=O) groups is 1. The first-order chi connectivity index (χ1) is 11.4. The molecule has 1 atom stereocenters. The zero-order chi connectivity index (χ0) is 16.9. The van der Waals surface area contributed by atoms with E-state index in [4.69, 9.17) is 0 Å². The van der Waals surface area contributed by atoms with Gasteiger partial charge in [0.1, 0.15) is 0 Å². The van der Waals surface area contributed by atoms with Gasteiger partial charge in [-0.25, -0.2) is 4.79 Å². The van der Waals surface area contributed by atoms with Crippen molar-refractivity contribution in [2.24, 2.45) is 5.41 Å². The number of para-hydroxylation sites is 1. The van der Waals surface area contributed by atoms with Crippen molar-refractivity contribution in [3.8, 4) is 11.5 Å². The fourth-order valence-corrected chi connectivity index (χ4v) is 4.01. The molecule has 2 fully saturated rings. The average Bonchev–Trinajstić information content (AvgIpc) is 2.73. The number of rotatable bonds is 3. The number of amides is 2. The highest BCUT2D eigenvalue weighted by Crippen LogP contribution is 2.55. The Labute approximate surface area is 138 Å². The molecule has 5 nitrogen and oxygen atoms in total. The van der Waals surface area contributed by atoms with Gasteiger partial charge in [0.05, 0.1) is 6.04 Å². The van der Waals surface area contributed by atoms with E-state index in [0.29, 0.717) is 11.0 Å². The molecule has 0 radical (unpaired) electrons. The van der Waals surface area contributed by atoms with Crippen LogP contribution in [0.1, 0.15) is 50.6 Å². The summed E-state index contributed by atoms with van der Waals surface area (Å²) in [5.41, 5.74) is 0.949. The number of ether oxygens (including phenoxy) is 2. The fourth-order valence-electron chi connectivity index (χ4n) is 4.01. The summed E-state index contributed by atoms with van der Waals surface area (Å²) in [6.07, 6.45) is 2.25. The van der Waals surface area contributed by atoms with Gasteiger partial charge in [-0.15, -0.1) is 8.78 Å². The molecule has 4 rings (SSSR count). The van der Waals surface area contributed by atoms with Crippen LogP contribution in [0.2, 0.25) is 0 Å². The number of urea groups is 1. The minimum absolute atomic E-state index is 0.0162. The van der Waals surface area contributed by atoms with E-state index in [-0.39, 0.29) is 23.6 Å². The third-order valence-corrected chi connectivity index (χ3v) is 5.38. The number of halogens is 2. The normalized spacial score (nSPS) is 24.0. The van der Waals surface area contributed by atoms with Crippen LogP contribution in [-0.4, -0.2) is 18.4 Å². The van der Waals surface area contributed by atoms with E-state index < -0.39 is 12.3 Å². The van der Waals surface area contributed by atoms with Crippen LogP contribution >= 0.6 is 0 Å². The molecule has 2 aliphatic carbocycles. The lowest BCUT2D eigenvalue weighted by atomic mass is 9.54. The van der Waals surface area contributed by atoms with Crippen molar-refractivity contribution in [1.82, 2.24) is 10.6 Å². The molecule has 3 aliphatic rings. The van der Waals surface area contributed by atoms with Gasteiger partial charge in [0, 0.05) is 11.6 Å². The lowest BCUT2D eigenvalue weighted by Gasteiger charge is -2.54. The van der Waals surface area contributed by atoms with E-state index in [1.807, 2.05) is 0 Å². The number of hydrogen-bond acceptors (Lipinski definition) is 3. The first-order valence-corrected chi connectivity index (χ1v) is 8.32. The van der Waals surface area contributed by atoms with Crippen LogP contribution < -0.4 is 20.1 Å². The van der Waals surface area contributed by atoms with Gasteiger partial charge in [-0.2, -0.15) is 0 Å². The highest BCUT2D eigenvalue weighted by atomic mass is 19.3. The highest BCUT2D eigenvalue weighted by Gasteiger charge is 2.48. The molecule has 0 bridgehead atoms. The summed E-state index contributed by atoms with van der Waals surface area (Å²) in [5, 5.41) is 5.74. The standard InChI is InChI=1S/C17H20F2N2O3/c1-10(12-4-2-5-13-14(12)24-17(18,19)23-13)20-15(22)21-11-8-16(9-11)6-3-7-16/h2,4-5,10-11H,3,6-9H2,1H3,(H2,20,21,22). The Morgan fingerprint density at radius 2 is 2.04 bits per heavy atom. The topological polar surface area (TPSA) is 59.6 Å². The van der Waals surface area contributed by atoms with Gasteiger partial charge in [0.25, 0.3) is 0 Å². The summed E-state index contributed by atoms with van der Waals surface area (Å²) in [6.45, 7) is 1.73. The molecule has 7 heteroatoms. The van der Waals surface area contributed by atoms with E-state index in [1.54, 1.807) is 19.1 Å². The minimum atomic E-state index is -3.66. The second kappa shape index (κ2) is 5.22. The molecule has 1 heterocycles. The van der Waals surface area contributed by atoms with Crippen molar-refractivity contribution in [3.05, 3.63) is 23.8 Å². The summed E-state index contributed by atoms with van der Waals surface area (Å²) in [6, 6.07) is 4.10. The van der Waals surface area contributed by atoms with Gasteiger partial charge in [0.2, 0.25) is 0 Å². The first kappa shape index (κ1) is 15.5. The quantitative estimate of drug-likeness (QED) is 0.883. The van der Waals surface area contributed by atoms with Crippen LogP contribution in [0.5, 0.6) is 11.5 Å². The average molecular weight is 338 g/mol. The van der Waals surface area contributed by atoms with Crippen molar-refractivity contribution < 1.29 is 23.0 Å². The van der Waals surface area contributed by atoms with Crippen molar-refractivity contribution in [2.45, 2.75) is 57.4 Å².